The molecule has 120 valence electrons. The molecular weight excluding hydrogens is 315 g/mol. The number of benzene rings is 2. The Morgan fingerprint density at radius 2 is 1.76 bits per heavy atom. The zero-order valence-electron chi connectivity index (χ0n) is 13.1. The molecule has 0 aliphatic rings. The van der Waals surface area contributed by atoms with Gasteiger partial charge in [0.25, 0.3) is 0 Å². The topological polar surface area (TPSA) is 88.7 Å². The maximum Gasteiger partial charge on any atom is 0.140 e. The number of nitrogen functional groups attached to an aromatic ring is 2. The van der Waals surface area contributed by atoms with Crippen LogP contribution in [0.5, 0.6) is 0 Å². The quantitative estimate of drug-likeness (QED) is 0.530. The van der Waals surface area contributed by atoms with Crippen molar-refractivity contribution in [1.82, 2.24) is 4.98 Å². The molecular formula is C20H13FN4. The van der Waals surface area contributed by atoms with Gasteiger partial charge in [0.15, 0.2) is 0 Å². The Morgan fingerprint density at radius 3 is 2.52 bits per heavy atom. The molecule has 4 N–H and O–H groups in total. The lowest BCUT2D eigenvalue weighted by Gasteiger charge is -2.08. The van der Waals surface area contributed by atoms with Crippen LogP contribution in [0.4, 0.5) is 15.9 Å². The number of rotatable bonds is 1. The zero-order valence-corrected chi connectivity index (χ0v) is 13.1. The van der Waals surface area contributed by atoms with E-state index in [4.69, 9.17) is 16.7 Å². The largest absolute Gasteiger partial charge is 0.398 e. The van der Waals surface area contributed by atoms with E-state index >= 15 is 0 Å². The van der Waals surface area contributed by atoms with Crippen molar-refractivity contribution in [3.63, 3.8) is 0 Å². The average Bonchev–Trinajstić information content (AvgIpc) is 2.62. The van der Waals surface area contributed by atoms with Crippen LogP contribution in [-0.4, -0.2) is 4.98 Å². The summed E-state index contributed by atoms with van der Waals surface area (Å²) >= 11 is 0. The van der Waals surface area contributed by atoms with E-state index in [1.807, 2.05) is 18.2 Å². The van der Waals surface area contributed by atoms with Gasteiger partial charge in [-0.2, -0.15) is 5.26 Å². The minimum Gasteiger partial charge on any atom is -0.398 e. The number of anilines is 2. The van der Waals surface area contributed by atoms with Crippen molar-refractivity contribution in [2.24, 2.45) is 0 Å². The molecule has 25 heavy (non-hydrogen) atoms. The van der Waals surface area contributed by atoms with E-state index in [1.54, 1.807) is 30.5 Å². The van der Waals surface area contributed by atoms with Crippen LogP contribution in [0, 0.1) is 29.0 Å². The van der Waals surface area contributed by atoms with Gasteiger partial charge in [-0.05, 0) is 35.9 Å². The van der Waals surface area contributed by atoms with E-state index in [-0.39, 0.29) is 11.4 Å². The molecule has 0 bridgehead atoms. The van der Waals surface area contributed by atoms with E-state index in [0.29, 0.717) is 27.9 Å². The Hall–Kier alpha value is -3.83. The predicted octanol–water partition coefficient (Wildman–Crippen LogP) is 3.32. The van der Waals surface area contributed by atoms with Crippen LogP contribution < -0.4 is 11.5 Å². The highest BCUT2D eigenvalue weighted by molar-refractivity contribution is 5.77. The third-order valence-corrected chi connectivity index (χ3v) is 3.66. The second-order valence-corrected chi connectivity index (χ2v) is 5.26. The van der Waals surface area contributed by atoms with E-state index in [1.165, 1.54) is 12.1 Å². The van der Waals surface area contributed by atoms with Gasteiger partial charge in [0, 0.05) is 23.0 Å². The summed E-state index contributed by atoms with van der Waals surface area (Å²) < 4.78 is 13.6. The van der Waals surface area contributed by atoms with Gasteiger partial charge < -0.3 is 11.5 Å². The molecule has 1 aromatic heterocycles. The van der Waals surface area contributed by atoms with Crippen LogP contribution in [0.15, 0.2) is 54.7 Å². The Bertz CT molecular complexity index is 1060. The van der Waals surface area contributed by atoms with Gasteiger partial charge in [0.2, 0.25) is 0 Å². The molecule has 3 rings (SSSR count). The standard InChI is InChI=1S/C20H13FN4/c21-18-8-6-14(11-15(18)12-22)16-9-10-25-20(24)17(16)7-5-13-3-1-2-4-19(13)23/h1-4,6,8-11H,23H2,(H2,24,25). The third kappa shape index (κ3) is 3.26. The lowest BCUT2D eigenvalue weighted by atomic mass is 9.99. The SMILES string of the molecule is N#Cc1cc(-c2ccnc(N)c2C#Cc2ccccc2N)ccc1F. The molecule has 0 unspecified atom stereocenters. The highest BCUT2D eigenvalue weighted by Crippen LogP contribution is 2.27. The van der Waals surface area contributed by atoms with Crippen molar-refractivity contribution in [2.45, 2.75) is 0 Å². The molecule has 4 nitrogen and oxygen atoms in total. The van der Waals surface area contributed by atoms with Crippen molar-refractivity contribution in [2.75, 3.05) is 11.5 Å². The maximum absolute atomic E-state index is 13.6. The predicted molar refractivity (Wildman–Crippen MR) is 95.6 cm³/mol. The number of para-hydroxylation sites is 1. The number of hydrogen-bond acceptors (Lipinski definition) is 4. The van der Waals surface area contributed by atoms with E-state index in [2.05, 4.69) is 16.8 Å². The Kier molecular flexibility index (Phi) is 4.32. The Morgan fingerprint density at radius 1 is 0.960 bits per heavy atom. The summed E-state index contributed by atoms with van der Waals surface area (Å²) in [5, 5.41) is 9.03. The van der Waals surface area contributed by atoms with Crippen molar-refractivity contribution >= 4 is 11.5 Å². The van der Waals surface area contributed by atoms with Gasteiger partial charge in [-0.1, -0.05) is 30.0 Å². The fraction of sp³-hybridized carbons (Fsp3) is 0. The van der Waals surface area contributed by atoms with E-state index in [0.717, 1.165) is 0 Å². The number of nitriles is 1. The highest BCUT2D eigenvalue weighted by Gasteiger charge is 2.10. The third-order valence-electron chi connectivity index (χ3n) is 3.66. The molecule has 0 fully saturated rings. The fourth-order valence-corrected chi connectivity index (χ4v) is 2.37. The number of nitrogens with two attached hydrogens (primary N) is 2. The van der Waals surface area contributed by atoms with Gasteiger partial charge in [0.05, 0.1) is 11.1 Å². The monoisotopic (exact) mass is 328 g/mol. The minimum atomic E-state index is -0.571. The second-order valence-electron chi connectivity index (χ2n) is 5.26. The Balaban J connectivity index is 2.14. The number of nitrogens with zero attached hydrogens (tertiary/aromatic N) is 2. The zero-order chi connectivity index (χ0) is 17.8. The van der Waals surface area contributed by atoms with Crippen LogP contribution in [0.2, 0.25) is 0 Å². The van der Waals surface area contributed by atoms with Gasteiger partial charge in [-0.3, -0.25) is 0 Å². The first-order valence-electron chi connectivity index (χ1n) is 7.41. The van der Waals surface area contributed by atoms with E-state index < -0.39 is 5.82 Å². The van der Waals surface area contributed by atoms with Gasteiger partial charge in [0.1, 0.15) is 17.7 Å². The number of pyridine rings is 1. The Labute approximate surface area is 144 Å². The number of halogens is 1. The number of aromatic nitrogens is 1. The van der Waals surface area contributed by atoms with Crippen molar-refractivity contribution < 1.29 is 4.39 Å². The second kappa shape index (κ2) is 6.74. The molecule has 0 amide bonds. The van der Waals surface area contributed by atoms with Gasteiger partial charge in [-0.15, -0.1) is 0 Å². The van der Waals surface area contributed by atoms with Gasteiger partial charge in [-0.25, -0.2) is 9.37 Å². The molecule has 0 aliphatic heterocycles. The molecule has 1 heterocycles. The normalized spacial score (nSPS) is 9.76. The lowest BCUT2D eigenvalue weighted by Crippen LogP contribution is -1.98. The summed E-state index contributed by atoms with van der Waals surface area (Å²) in [6.07, 6.45) is 1.54. The van der Waals surface area contributed by atoms with Crippen molar-refractivity contribution in [3.8, 4) is 29.0 Å². The molecule has 0 spiro atoms. The van der Waals surface area contributed by atoms with Gasteiger partial charge >= 0.3 is 0 Å². The van der Waals surface area contributed by atoms with Crippen LogP contribution in [-0.2, 0) is 0 Å². The molecule has 0 saturated heterocycles. The summed E-state index contributed by atoms with van der Waals surface area (Å²) in [6.45, 7) is 0. The van der Waals surface area contributed by atoms with Crippen molar-refractivity contribution in [3.05, 3.63) is 77.2 Å². The smallest absolute Gasteiger partial charge is 0.140 e. The first-order valence-corrected chi connectivity index (χ1v) is 7.41. The average molecular weight is 328 g/mol. The van der Waals surface area contributed by atoms with Crippen LogP contribution in [0.25, 0.3) is 11.1 Å². The first-order chi connectivity index (χ1) is 12.1. The molecule has 0 saturated carbocycles. The molecule has 0 aliphatic carbocycles. The molecule has 3 aromatic rings. The summed E-state index contributed by atoms with van der Waals surface area (Å²) in [7, 11) is 0. The highest BCUT2D eigenvalue weighted by atomic mass is 19.1. The summed E-state index contributed by atoms with van der Waals surface area (Å²) in [6, 6.07) is 15.1. The first kappa shape index (κ1) is 16.0. The summed E-state index contributed by atoms with van der Waals surface area (Å²) in [5.41, 5.74) is 14.9. The summed E-state index contributed by atoms with van der Waals surface area (Å²) in [4.78, 5) is 4.07. The molecule has 0 radical (unpaired) electrons. The van der Waals surface area contributed by atoms with Crippen LogP contribution in [0.3, 0.4) is 0 Å². The summed E-state index contributed by atoms with van der Waals surface area (Å²) in [5.74, 6) is 5.66. The maximum atomic E-state index is 13.6. The van der Waals surface area contributed by atoms with E-state index in [9.17, 15) is 4.39 Å². The van der Waals surface area contributed by atoms with Crippen LogP contribution in [0.1, 0.15) is 16.7 Å². The molecule has 5 heteroatoms. The lowest BCUT2D eigenvalue weighted by molar-refractivity contribution is 0.624. The number of hydrogen-bond donors (Lipinski definition) is 2. The molecule has 0 atom stereocenters. The van der Waals surface area contributed by atoms with Crippen LogP contribution >= 0.6 is 0 Å². The van der Waals surface area contributed by atoms with Crippen molar-refractivity contribution in [1.29, 1.82) is 5.26 Å². The minimum absolute atomic E-state index is 0.0425. The fourth-order valence-electron chi connectivity index (χ4n) is 2.37. The molecule has 2 aromatic carbocycles.